The van der Waals surface area contributed by atoms with Gasteiger partial charge in [0.1, 0.15) is 0 Å². The Labute approximate surface area is 61.6 Å². The predicted molar refractivity (Wildman–Crippen MR) is 41.6 cm³/mol. The van der Waals surface area contributed by atoms with Crippen LogP contribution in [0.1, 0.15) is 25.7 Å². The van der Waals surface area contributed by atoms with Crippen LogP contribution in [0.15, 0.2) is 24.3 Å². The lowest BCUT2D eigenvalue weighted by Crippen LogP contribution is -2.51. The van der Waals surface area contributed by atoms with E-state index in [1.165, 1.54) is 25.7 Å². The van der Waals surface area contributed by atoms with Crippen LogP contribution >= 0.6 is 0 Å². The van der Waals surface area contributed by atoms with E-state index in [0.29, 0.717) is 10.8 Å². The highest BCUT2D eigenvalue weighted by molar-refractivity contribution is 5.46. The topological polar surface area (TPSA) is 0 Å². The van der Waals surface area contributed by atoms with E-state index in [4.69, 9.17) is 0 Å². The number of hydrogen-bond donors (Lipinski definition) is 0. The molecule has 0 heteroatoms. The summed E-state index contributed by atoms with van der Waals surface area (Å²) in [5, 5.41) is 0. The molecule has 0 bridgehead atoms. The fourth-order valence-electron chi connectivity index (χ4n) is 2.77. The van der Waals surface area contributed by atoms with Crippen LogP contribution < -0.4 is 0 Å². The van der Waals surface area contributed by atoms with Crippen molar-refractivity contribution in [2.75, 3.05) is 0 Å². The second-order valence-corrected chi connectivity index (χ2v) is 3.95. The molecule has 0 amide bonds. The molecule has 0 aromatic rings. The van der Waals surface area contributed by atoms with Gasteiger partial charge < -0.3 is 0 Å². The van der Waals surface area contributed by atoms with Gasteiger partial charge in [-0.1, -0.05) is 37.1 Å². The third kappa shape index (κ3) is 0.317. The van der Waals surface area contributed by atoms with Crippen molar-refractivity contribution >= 4 is 0 Å². The lowest BCUT2D eigenvalue weighted by molar-refractivity contribution is 0.103. The Morgan fingerprint density at radius 3 is 1.30 bits per heavy atom. The van der Waals surface area contributed by atoms with Crippen LogP contribution in [0.5, 0.6) is 0 Å². The first-order chi connectivity index (χ1) is 4.87. The summed E-state index contributed by atoms with van der Waals surface area (Å²) in [4.78, 5) is 0. The average Bonchev–Trinajstić information content (AvgIpc) is 1.86. The number of allylic oxidation sites excluding steroid dienone is 4. The summed E-state index contributed by atoms with van der Waals surface area (Å²) in [6.07, 6.45) is 15.4. The zero-order chi connectivity index (χ0) is 6.66. The summed E-state index contributed by atoms with van der Waals surface area (Å²) < 4.78 is 0. The molecule has 0 aliphatic heterocycles. The molecule has 52 valence electrons. The molecule has 3 rings (SSSR count). The first kappa shape index (κ1) is 5.17. The van der Waals surface area contributed by atoms with E-state index in [2.05, 4.69) is 24.3 Å². The van der Waals surface area contributed by atoms with Crippen LogP contribution in [0.25, 0.3) is 0 Å². The largest absolute Gasteiger partial charge is 0.0765 e. The van der Waals surface area contributed by atoms with E-state index < -0.39 is 0 Å². The van der Waals surface area contributed by atoms with E-state index in [9.17, 15) is 0 Å². The molecule has 10 heavy (non-hydrogen) atoms. The fourth-order valence-corrected chi connectivity index (χ4v) is 2.77. The summed E-state index contributed by atoms with van der Waals surface area (Å²) in [7, 11) is 0. The van der Waals surface area contributed by atoms with Crippen molar-refractivity contribution in [2.24, 2.45) is 10.8 Å². The minimum atomic E-state index is 0.575. The Morgan fingerprint density at radius 1 is 0.700 bits per heavy atom. The van der Waals surface area contributed by atoms with Crippen LogP contribution in [-0.4, -0.2) is 0 Å². The van der Waals surface area contributed by atoms with E-state index in [0.717, 1.165) is 0 Å². The van der Waals surface area contributed by atoms with Gasteiger partial charge in [0.05, 0.1) is 0 Å². The molecule has 0 saturated heterocycles. The highest BCUT2D eigenvalue weighted by Gasteiger charge is 2.57. The monoisotopic (exact) mass is 132 g/mol. The number of rotatable bonds is 0. The highest BCUT2D eigenvalue weighted by Crippen LogP contribution is 2.66. The normalized spacial score (nSPS) is 54.4. The van der Waals surface area contributed by atoms with Crippen LogP contribution in [0.4, 0.5) is 0 Å². The maximum Gasteiger partial charge on any atom is 0.0188 e. The van der Waals surface area contributed by atoms with Gasteiger partial charge in [-0.05, 0) is 12.8 Å². The maximum atomic E-state index is 2.41. The third-order valence-corrected chi connectivity index (χ3v) is 3.65. The van der Waals surface area contributed by atoms with Gasteiger partial charge in [0.15, 0.2) is 0 Å². The zero-order valence-electron chi connectivity index (χ0n) is 6.14. The van der Waals surface area contributed by atoms with Crippen molar-refractivity contribution in [1.82, 2.24) is 0 Å². The summed E-state index contributed by atoms with van der Waals surface area (Å²) in [5.41, 5.74) is 1.15. The second-order valence-electron chi connectivity index (χ2n) is 3.95. The van der Waals surface area contributed by atoms with Gasteiger partial charge in [0.25, 0.3) is 0 Å². The third-order valence-electron chi connectivity index (χ3n) is 3.65. The van der Waals surface area contributed by atoms with Crippen LogP contribution in [0.3, 0.4) is 0 Å². The summed E-state index contributed by atoms with van der Waals surface area (Å²) in [6.45, 7) is 0. The van der Waals surface area contributed by atoms with Crippen molar-refractivity contribution < 1.29 is 0 Å². The molecule has 0 N–H and O–H groups in total. The average molecular weight is 132 g/mol. The predicted octanol–water partition coefficient (Wildman–Crippen LogP) is 2.67. The molecule has 1 fully saturated rings. The van der Waals surface area contributed by atoms with Crippen molar-refractivity contribution in [3.63, 3.8) is 0 Å². The van der Waals surface area contributed by atoms with Gasteiger partial charge >= 0.3 is 0 Å². The molecule has 0 radical (unpaired) electrons. The van der Waals surface area contributed by atoms with E-state index in [1.807, 2.05) is 0 Å². The van der Waals surface area contributed by atoms with Gasteiger partial charge in [-0.15, -0.1) is 0 Å². The molecule has 0 aromatic heterocycles. The number of hydrogen-bond acceptors (Lipinski definition) is 0. The van der Waals surface area contributed by atoms with E-state index in [1.54, 1.807) is 0 Å². The first-order valence-electron chi connectivity index (χ1n) is 4.28. The summed E-state index contributed by atoms with van der Waals surface area (Å²) in [5.74, 6) is 0. The second kappa shape index (κ2) is 1.25. The molecule has 0 atom stereocenters. The standard InChI is InChI=1S/C10H12/c1-2-4-10-7-5-9(10,3-1)6-8-10/h5-8H,1-4H2. The minimum absolute atomic E-state index is 0.575. The molecule has 0 heterocycles. The van der Waals surface area contributed by atoms with Crippen molar-refractivity contribution in [2.45, 2.75) is 25.7 Å². The van der Waals surface area contributed by atoms with Crippen molar-refractivity contribution in [3.8, 4) is 0 Å². The Hall–Kier alpha value is -0.520. The highest BCUT2D eigenvalue weighted by atomic mass is 14.6. The molecule has 0 unspecified atom stereocenters. The SMILES string of the molecule is C1=CC23C=CC12CCCC3. The van der Waals surface area contributed by atoms with Crippen molar-refractivity contribution in [3.05, 3.63) is 24.3 Å². The summed E-state index contributed by atoms with van der Waals surface area (Å²) in [6, 6.07) is 0. The Morgan fingerprint density at radius 2 is 1.10 bits per heavy atom. The van der Waals surface area contributed by atoms with Gasteiger partial charge in [0, 0.05) is 10.8 Å². The summed E-state index contributed by atoms with van der Waals surface area (Å²) >= 11 is 0. The zero-order valence-corrected chi connectivity index (χ0v) is 6.14. The van der Waals surface area contributed by atoms with E-state index in [-0.39, 0.29) is 0 Å². The Balaban J connectivity index is 2.10. The minimum Gasteiger partial charge on any atom is -0.0765 e. The lowest BCUT2D eigenvalue weighted by atomic mass is 9.43. The Kier molecular flexibility index (Phi) is 0.647. The van der Waals surface area contributed by atoms with Crippen LogP contribution in [0.2, 0.25) is 0 Å². The molecule has 0 spiro atoms. The van der Waals surface area contributed by atoms with Gasteiger partial charge in [-0.25, -0.2) is 0 Å². The molecular weight excluding hydrogens is 120 g/mol. The first-order valence-corrected chi connectivity index (χ1v) is 4.28. The molecule has 1 saturated carbocycles. The van der Waals surface area contributed by atoms with E-state index >= 15 is 0 Å². The van der Waals surface area contributed by atoms with Crippen LogP contribution in [0, 0.1) is 10.8 Å². The molecule has 0 nitrogen and oxygen atoms in total. The van der Waals surface area contributed by atoms with Gasteiger partial charge in [-0.2, -0.15) is 0 Å². The van der Waals surface area contributed by atoms with Gasteiger partial charge in [0.2, 0.25) is 0 Å². The van der Waals surface area contributed by atoms with Crippen molar-refractivity contribution in [1.29, 1.82) is 0 Å². The fraction of sp³-hybridized carbons (Fsp3) is 0.600. The smallest absolute Gasteiger partial charge is 0.0188 e. The molecule has 0 aromatic carbocycles. The maximum absolute atomic E-state index is 2.41. The quantitative estimate of drug-likeness (QED) is 0.444. The van der Waals surface area contributed by atoms with Crippen LogP contribution in [-0.2, 0) is 0 Å². The Bertz CT molecular complexity index is 194. The molecule has 3 aliphatic carbocycles. The molecule has 3 aliphatic rings. The van der Waals surface area contributed by atoms with Gasteiger partial charge in [-0.3, -0.25) is 0 Å². The lowest BCUT2D eigenvalue weighted by Gasteiger charge is -2.60. The molecular formula is C10H12.